The molecule has 4 heteroatoms. The lowest BCUT2D eigenvalue weighted by Crippen LogP contribution is -2.23. The van der Waals surface area contributed by atoms with Crippen LogP contribution in [0.4, 0.5) is 0 Å². The molecule has 0 aliphatic heterocycles. The Kier molecular flexibility index (Phi) is 3.46. The minimum Gasteiger partial charge on any atom is -0.346 e. The number of nitrogens with one attached hydrogen (secondary N) is 1. The summed E-state index contributed by atoms with van der Waals surface area (Å²) in [7, 11) is 1.86. The largest absolute Gasteiger partial charge is 0.346 e. The lowest BCUT2D eigenvalue weighted by atomic mass is 10.1. The second-order valence-electron chi connectivity index (χ2n) is 4.48. The number of carbonyl (C=O) groups excluding carboxylic acids is 1. The normalized spacial score (nSPS) is 10.4. The number of carbonyl (C=O) groups is 1. The molecule has 4 nitrogen and oxygen atoms in total. The maximum atomic E-state index is 12.0. The summed E-state index contributed by atoms with van der Waals surface area (Å²) >= 11 is 0. The molecular weight excluding hydrogens is 226 g/mol. The second kappa shape index (κ2) is 5.04. The number of hydrogen-bond acceptors (Lipinski definition) is 2. The summed E-state index contributed by atoms with van der Waals surface area (Å²) in [6.07, 6.45) is 1.86. The highest BCUT2D eigenvalue weighted by atomic mass is 16.1. The highest BCUT2D eigenvalue weighted by Gasteiger charge is 2.08. The van der Waals surface area contributed by atoms with E-state index in [9.17, 15) is 4.79 Å². The highest BCUT2D eigenvalue weighted by Crippen LogP contribution is 2.10. The first-order chi connectivity index (χ1) is 8.56. The predicted octanol–water partition coefficient (Wildman–Crippen LogP) is 1.97. The Bertz CT molecular complexity index is 572. The van der Waals surface area contributed by atoms with Gasteiger partial charge in [0.05, 0.1) is 12.2 Å². The Balaban J connectivity index is 2.03. The zero-order valence-electron chi connectivity index (χ0n) is 10.9. The van der Waals surface area contributed by atoms with Gasteiger partial charge in [0.25, 0.3) is 5.91 Å². The highest BCUT2D eigenvalue weighted by molar-refractivity contribution is 5.95. The van der Waals surface area contributed by atoms with E-state index in [1.54, 1.807) is 4.68 Å². The molecule has 1 aromatic carbocycles. The Morgan fingerprint density at radius 3 is 2.72 bits per heavy atom. The van der Waals surface area contributed by atoms with E-state index in [0.29, 0.717) is 6.54 Å². The number of nitrogens with zero attached hydrogens (tertiary/aromatic N) is 2. The van der Waals surface area contributed by atoms with Crippen molar-refractivity contribution in [2.45, 2.75) is 20.4 Å². The molecule has 0 spiro atoms. The Hall–Kier alpha value is -2.10. The van der Waals surface area contributed by atoms with Crippen molar-refractivity contribution >= 4 is 5.91 Å². The van der Waals surface area contributed by atoms with Gasteiger partial charge in [-0.15, -0.1) is 0 Å². The van der Waals surface area contributed by atoms with Gasteiger partial charge in [0.1, 0.15) is 0 Å². The van der Waals surface area contributed by atoms with Crippen LogP contribution in [0.1, 0.15) is 27.2 Å². The topological polar surface area (TPSA) is 46.9 Å². The molecule has 0 unspecified atom stereocenters. The fourth-order valence-corrected chi connectivity index (χ4v) is 1.89. The zero-order chi connectivity index (χ0) is 13.1. The first-order valence-electron chi connectivity index (χ1n) is 5.90. The van der Waals surface area contributed by atoms with Crippen molar-refractivity contribution in [2.24, 2.45) is 7.05 Å². The first-order valence-corrected chi connectivity index (χ1v) is 5.90. The molecule has 0 atom stereocenters. The molecular formula is C14H17N3O. The standard InChI is InChI=1S/C14H17N3O/c1-10-4-5-13(11(2)8-10)14(18)15-9-12-6-7-17(3)16-12/h4-8H,9H2,1-3H3,(H,15,18). The van der Waals surface area contributed by atoms with Gasteiger partial charge in [-0.25, -0.2) is 0 Å². The van der Waals surface area contributed by atoms with Gasteiger partial charge in [-0.05, 0) is 31.5 Å². The number of rotatable bonds is 3. The van der Waals surface area contributed by atoms with Crippen LogP contribution in [0.5, 0.6) is 0 Å². The van der Waals surface area contributed by atoms with Crippen molar-refractivity contribution in [3.05, 3.63) is 52.8 Å². The molecule has 0 aliphatic carbocycles. The quantitative estimate of drug-likeness (QED) is 0.895. The SMILES string of the molecule is Cc1ccc(C(=O)NCc2ccn(C)n2)c(C)c1. The van der Waals surface area contributed by atoms with Gasteiger partial charge in [0, 0.05) is 18.8 Å². The Morgan fingerprint density at radius 2 is 2.11 bits per heavy atom. The van der Waals surface area contributed by atoms with E-state index < -0.39 is 0 Å². The van der Waals surface area contributed by atoms with Gasteiger partial charge in [-0.2, -0.15) is 5.10 Å². The molecule has 1 amide bonds. The molecule has 18 heavy (non-hydrogen) atoms. The second-order valence-corrected chi connectivity index (χ2v) is 4.48. The van der Waals surface area contributed by atoms with E-state index in [0.717, 1.165) is 22.4 Å². The molecule has 0 fully saturated rings. The van der Waals surface area contributed by atoms with Crippen molar-refractivity contribution in [2.75, 3.05) is 0 Å². The molecule has 2 aromatic rings. The molecule has 0 saturated heterocycles. The third kappa shape index (κ3) is 2.77. The van der Waals surface area contributed by atoms with Crippen LogP contribution >= 0.6 is 0 Å². The summed E-state index contributed by atoms with van der Waals surface area (Å²) in [5, 5.41) is 7.09. The van der Waals surface area contributed by atoms with Gasteiger partial charge in [-0.1, -0.05) is 17.7 Å². The van der Waals surface area contributed by atoms with Gasteiger partial charge in [0.2, 0.25) is 0 Å². The third-order valence-corrected chi connectivity index (χ3v) is 2.83. The number of aryl methyl sites for hydroxylation is 3. The van der Waals surface area contributed by atoms with E-state index in [4.69, 9.17) is 0 Å². The predicted molar refractivity (Wildman–Crippen MR) is 70.3 cm³/mol. The number of benzene rings is 1. The van der Waals surface area contributed by atoms with Crippen LogP contribution in [0.3, 0.4) is 0 Å². The maximum absolute atomic E-state index is 12.0. The fraction of sp³-hybridized carbons (Fsp3) is 0.286. The number of hydrogen-bond donors (Lipinski definition) is 1. The molecule has 2 rings (SSSR count). The van der Waals surface area contributed by atoms with Crippen molar-refractivity contribution < 1.29 is 4.79 Å². The Morgan fingerprint density at radius 1 is 1.33 bits per heavy atom. The van der Waals surface area contributed by atoms with Gasteiger partial charge in [-0.3, -0.25) is 9.48 Å². The molecule has 0 bridgehead atoms. The van der Waals surface area contributed by atoms with E-state index in [1.807, 2.05) is 51.4 Å². The van der Waals surface area contributed by atoms with Crippen molar-refractivity contribution in [3.8, 4) is 0 Å². The third-order valence-electron chi connectivity index (χ3n) is 2.83. The molecule has 1 N–H and O–H groups in total. The van der Waals surface area contributed by atoms with Crippen LogP contribution in [0.25, 0.3) is 0 Å². The van der Waals surface area contributed by atoms with Crippen LogP contribution in [0.15, 0.2) is 30.5 Å². The summed E-state index contributed by atoms with van der Waals surface area (Å²) < 4.78 is 1.72. The molecule has 94 valence electrons. The van der Waals surface area contributed by atoms with Crippen LogP contribution in [0.2, 0.25) is 0 Å². The monoisotopic (exact) mass is 243 g/mol. The summed E-state index contributed by atoms with van der Waals surface area (Å²) in [5.74, 6) is -0.0573. The summed E-state index contributed by atoms with van der Waals surface area (Å²) in [4.78, 5) is 12.0. The lowest BCUT2D eigenvalue weighted by molar-refractivity contribution is 0.0949. The van der Waals surface area contributed by atoms with E-state index in [2.05, 4.69) is 10.4 Å². The van der Waals surface area contributed by atoms with Gasteiger partial charge < -0.3 is 5.32 Å². The van der Waals surface area contributed by atoms with E-state index in [-0.39, 0.29) is 5.91 Å². The number of aromatic nitrogens is 2. The molecule has 0 radical (unpaired) electrons. The van der Waals surface area contributed by atoms with E-state index >= 15 is 0 Å². The van der Waals surface area contributed by atoms with Crippen molar-refractivity contribution in [1.82, 2.24) is 15.1 Å². The smallest absolute Gasteiger partial charge is 0.251 e. The molecule has 1 heterocycles. The van der Waals surface area contributed by atoms with Gasteiger partial charge in [0.15, 0.2) is 0 Å². The van der Waals surface area contributed by atoms with Crippen LogP contribution in [0, 0.1) is 13.8 Å². The minimum atomic E-state index is -0.0573. The van der Waals surface area contributed by atoms with Crippen LogP contribution in [-0.4, -0.2) is 15.7 Å². The summed E-state index contributed by atoms with van der Waals surface area (Å²) in [6, 6.07) is 7.71. The minimum absolute atomic E-state index is 0.0573. The van der Waals surface area contributed by atoms with Crippen molar-refractivity contribution in [3.63, 3.8) is 0 Å². The average molecular weight is 243 g/mol. The molecule has 1 aromatic heterocycles. The Labute approximate surface area is 107 Å². The van der Waals surface area contributed by atoms with Crippen LogP contribution in [-0.2, 0) is 13.6 Å². The summed E-state index contributed by atoms with van der Waals surface area (Å²) in [6.45, 7) is 4.41. The number of amides is 1. The average Bonchev–Trinajstić information content (AvgIpc) is 2.72. The summed E-state index contributed by atoms with van der Waals surface area (Å²) in [5.41, 5.74) is 3.73. The van der Waals surface area contributed by atoms with Crippen molar-refractivity contribution in [1.29, 1.82) is 0 Å². The maximum Gasteiger partial charge on any atom is 0.251 e. The zero-order valence-corrected chi connectivity index (χ0v) is 10.9. The molecule has 0 saturated carbocycles. The first kappa shape index (κ1) is 12.4. The lowest BCUT2D eigenvalue weighted by Gasteiger charge is -2.07. The van der Waals surface area contributed by atoms with Crippen LogP contribution < -0.4 is 5.32 Å². The fourth-order valence-electron chi connectivity index (χ4n) is 1.89. The van der Waals surface area contributed by atoms with Gasteiger partial charge >= 0.3 is 0 Å². The van der Waals surface area contributed by atoms with E-state index in [1.165, 1.54) is 0 Å². The molecule has 0 aliphatic rings.